The number of hydrogen-bond donors (Lipinski definition) is 1. The van der Waals surface area contributed by atoms with Crippen LogP contribution in [-0.4, -0.2) is 11.1 Å². The molecule has 0 fully saturated rings. The van der Waals surface area contributed by atoms with E-state index in [1.54, 1.807) is 12.1 Å². The average molecular weight is 282 g/mol. The van der Waals surface area contributed by atoms with Gasteiger partial charge in [0.15, 0.2) is 0 Å². The maximum atomic E-state index is 11.2. The molecule has 1 aliphatic carbocycles. The zero-order valence-corrected chi connectivity index (χ0v) is 11.8. The Balaban J connectivity index is 1.76. The van der Waals surface area contributed by atoms with Gasteiger partial charge in [0.2, 0.25) is 0 Å². The maximum absolute atomic E-state index is 11.2. The predicted octanol–water partition coefficient (Wildman–Crippen LogP) is 3.98. The lowest BCUT2D eigenvalue weighted by molar-refractivity contribution is 0.0273. The van der Waals surface area contributed by atoms with Crippen LogP contribution in [0.2, 0.25) is 0 Å². The van der Waals surface area contributed by atoms with Gasteiger partial charge in [0.25, 0.3) is 0 Å². The molecule has 3 nitrogen and oxygen atoms in total. The van der Waals surface area contributed by atoms with Crippen molar-refractivity contribution in [2.24, 2.45) is 0 Å². The highest BCUT2D eigenvalue weighted by molar-refractivity contribution is 5.89. The van der Waals surface area contributed by atoms with E-state index in [-0.39, 0.29) is 6.10 Å². The standard InChI is InChI=1S/C18H18O3/c19-18(20)16-10-4-2-7-14(16)12-21-17-11-5-8-13-6-1-3-9-15(13)17/h1-4,6-7,9-10,17H,5,8,11-12H2,(H,19,20)/t17-/m0/s1. The summed E-state index contributed by atoms with van der Waals surface area (Å²) in [4.78, 5) is 11.2. The first-order valence-corrected chi connectivity index (χ1v) is 7.26. The number of aryl methyl sites for hydroxylation is 1. The van der Waals surface area contributed by atoms with Crippen molar-refractivity contribution < 1.29 is 14.6 Å². The summed E-state index contributed by atoms with van der Waals surface area (Å²) in [6, 6.07) is 15.4. The Kier molecular flexibility index (Phi) is 4.02. The van der Waals surface area contributed by atoms with Crippen molar-refractivity contribution in [3.05, 3.63) is 70.8 Å². The molecule has 1 N–H and O–H groups in total. The summed E-state index contributed by atoms with van der Waals surface area (Å²) in [6.45, 7) is 0.335. The Labute approximate surface area is 124 Å². The van der Waals surface area contributed by atoms with Crippen LogP contribution < -0.4 is 0 Å². The zero-order chi connectivity index (χ0) is 14.7. The molecular formula is C18H18O3. The average Bonchev–Trinajstić information content (AvgIpc) is 2.53. The van der Waals surface area contributed by atoms with E-state index >= 15 is 0 Å². The molecule has 1 aliphatic rings. The van der Waals surface area contributed by atoms with Crippen LogP contribution in [-0.2, 0) is 17.8 Å². The zero-order valence-electron chi connectivity index (χ0n) is 11.8. The van der Waals surface area contributed by atoms with Gasteiger partial charge in [-0.05, 0) is 42.0 Å². The topological polar surface area (TPSA) is 46.5 Å². The third-order valence-electron chi connectivity index (χ3n) is 4.00. The van der Waals surface area contributed by atoms with Crippen LogP contribution >= 0.6 is 0 Å². The van der Waals surface area contributed by atoms with Crippen LogP contribution in [0.3, 0.4) is 0 Å². The Morgan fingerprint density at radius 2 is 1.90 bits per heavy atom. The van der Waals surface area contributed by atoms with Gasteiger partial charge in [-0.15, -0.1) is 0 Å². The van der Waals surface area contributed by atoms with Gasteiger partial charge in [-0.3, -0.25) is 0 Å². The lowest BCUT2D eigenvalue weighted by atomic mass is 9.89. The van der Waals surface area contributed by atoms with Gasteiger partial charge in [0.1, 0.15) is 0 Å². The number of benzene rings is 2. The van der Waals surface area contributed by atoms with Crippen molar-refractivity contribution in [1.82, 2.24) is 0 Å². The highest BCUT2D eigenvalue weighted by Gasteiger charge is 2.21. The molecule has 0 amide bonds. The van der Waals surface area contributed by atoms with Gasteiger partial charge in [0, 0.05) is 0 Å². The SMILES string of the molecule is O=C(O)c1ccccc1CO[C@H]1CCCc2ccccc21. The van der Waals surface area contributed by atoms with Gasteiger partial charge >= 0.3 is 5.97 Å². The number of carboxylic acids is 1. The maximum Gasteiger partial charge on any atom is 0.336 e. The number of rotatable bonds is 4. The van der Waals surface area contributed by atoms with E-state index < -0.39 is 5.97 Å². The molecule has 2 aromatic rings. The van der Waals surface area contributed by atoms with Gasteiger partial charge in [-0.1, -0.05) is 42.5 Å². The van der Waals surface area contributed by atoms with E-state index in [1.807, 2.05) is 18.2 Å². The molecule has 0 aliphatic heterocycles. The Hall–Kier alpha value is -2.13. The van der Waals surface area contributed by atoms with Gasteiger partial charge < -0.3 is 9.84 Å². The van der Waals surface area contributed by atoms with Crippen LogP contribution in [0.15, 0.2) is 48.5 Å². The van der Waals surface area contributed by atoms with Crippen LogP contribution in [0.1, 0.15) is 46.0 Å². The third kappa shape index (κ3) is 2.98. The third-order valence-corrected chi connectivity index (χ3v) is 4.00. The highest BCUT2D eigenvalue weighted by atomic mass is 16.5. The molecule has 2 aromatic carbocycles. The quantitative estimate of drug-likeness (QED) is 0.922. The monoisotopic (exact) mass is 282 g/mol. The molecule has 0 radical (unpaired) electrons. The second-order valence-corrected chi connectivity index (χ2v) is 5.35. The van der Waals surface area contributed by atoms with Crippen molar-refractivity contribution in [2.45, 2.75) is 32.0 Å². The molecule has 3 heteroatoms. The van der Waals surface area contributed by atoms with Crippen molar-refractivity contribution in [1.29, 1.82) is 0 Å². The first kappa shape index (κ1) is 13.8. The minimum Gasteiger partial charge on any atom is -0.478 e. The molecule has 0 saturated carbocycles. The molecule has 0 aromatic heterocycles. The number of hydrogen-bond acceptors (Lipinski definition) is 2. The second-order valence-electron chi connectivity index (χ2n) is 5.35. The van der Waals surface area contributed by atoms with E-state index in [9.17, 15) is 9.90 Å². The van der Waals surface area contributed by atoms with Crippen molar-refractivity contribution in [2.75, 3.05) is 0 Å². The molecule has 0 bridgehead atoms. The molecule has 0 saturated heterocycles. The smallest absolute Gasteiger partial charge is 0.336 e. The van der Waals surface area contributed by atoms with Crippen molar-refractivity contribution >= 4 is 5.97 Å². The summed E-state index contributed by atoms with van der Waals surface area (Å²) in [5.74, 6) is -0.904. The molecule has 0 heterocycles. The minimum atomic E-state index is -0.904. The number of ether oxygens (including phenoxy) is 1. The molecule has 0 unspecified atom stereocenters. The Bertz CT molecular complexity index is 648. The molecule has 3 rings (SSSR count). The molecular weight excluding hydrogens is 264 g/mol. The fraction of sp³-hybridized carbons (Fsp3) is 0.278. The summed E-state index contributed by atoms with van der Waals surface area (Å²) in [5.41, 5.74) is 3.64. The Morgan fingerprint density at radius 1 is 1.14 bits per heavy atom. The van der Waals surface area contributed by atoms with Crippen LogP contribution in [0.4, 0.5) is 0 Å². The number of carbonyl (C=O) groups is 1. The van der Waals surface area contributed by atoms with Gasteiger partial charge in [-0.25, -0.2) is 4.79 Å². The number of fused-ring (bicyclic) bond motifs is 1. The van der Waals surface area contributed by atoms with E-state index in [0.717, 1.165) is 24.8 Å². The normalized spacial score (nSPS) is 17.2. The number of aromatic carboxylic acids is 1. The highest BCUT2D eigenvalue weighted by Crippen LogP contribution is 2.33. The van der Waals surface area contributed by atoms with E-state index in [0.29, 0.717) is 12.2 Å². The fourth-order valence-corrected chi connectivity index (χ4v) is 2.93. The molecule has 108 valence electrons. The van der Waals surface area contributed by atoms with E-state index in [1.165, 1.54) is 11.1 Å². The molecule has 21 heavy (non-hydrogen) atoms. The van der Waals surface area contributed by atoms with E-state index in [2.05, 4.69) is 18.2 Å². The lowest BCUT2D eigenvalue weighted by Gasteiger charge is -2.25. The molecule has 0 spiro atoms. The summed E-state index contributed by atoms with van der Waals surface area (Å²) in [5, 5.41) is 9.20. The minimum absolute atomic E-state index is 0.0665. The predicted molar refractivity (Wildman–Crippen MR) is 80.3 cm³/mol. The largest absolute Gasteiger partial charge is 0.478 e. The van der Waals surface area contributed by atoms with E-state index in [4.69, 9.17) is 4.74 Å². The summed E-state index contributed by atoms with van der Waals surface area (Å²) < 4.78 is 6.02. The summed E-state index contributed by atoms with van der Waals surface area (Å²) in [7, 11) is 0. The van der Waals surface area contributed by atoms with Gasteiger partial charge in [0.05, 0.1) is 18.3 Å². The Morgan fingerprint density at radius 3 is 2.76 bits per heavy atom. The summed E-state index contributed by atoms with van der Waals surface area (Å²) >= 11 is 0. The first-order chi connectivity index (χ1) is 10.3. The van der Waals surface area contributed by atoms with Crippen LogP contribution in [0.25, 0.3) is 0 Å². The van der Waals surface area contributed by atoms with Crippen LogP contribution in [0.5, 0.6) is 0 Å². The number of carboxylic acid groups (broad SMARTS) is 1. The first-order valence-electron chi connectivity index (χ1n) is 7.26. The van der Waals surface area contributed by atoms with Crippen molar-refractivity contribution in [3.63, 3.8) is 0 Å². The second kappa shape index (κ2) is 6.10. The van der Waals surface area contributed by atoms with Crippen LogP contribution in [0, 0.1) is 0 Å². The lowest BCUT2D eigenvalue weighted by Crippen LogP contribution is -2.13. The fourth-order valence-electron chi connectivity index (χ4n) is 2.93. The van der Waals surface area contributed by atoms with Gasteiger partial charge in [-0.2, -0.15) is 0 Å². The van der Waals surface area contributed by atoms with Crippen molar-refractivity contribution in [3.8, 4) is 0 Å². The molecule has 1 atom stereocenters. The summed E-state index contributed by atoms with van der Waals surface area (Å²) in [6.07, 6.45) is 3.27.